The molecule has 35 heavy (non-hydrogen) atoms. The largest absolute Gasteiger partial charge is 0.378 e. The summed E-state index contributed by atoms with van der Waals surface area (Å²) >= 11 is 0. The van der Waals surface area contributed by atoms with Gasteiger partial charge in [0, 0.05) is 43.9 Å². The van der Waals surface area contributed by atoms with Crippen LogP contribution >= 0.6 is 0 Å². The van der Waals surface area contributed by atoms with E-state index in [4.69, 9.17) is 9.84 Å². The van der Waals surface area contributed by atoms with Gasteiger partial charge in [-0.1, -0.05) is 49.4 Å². The topological polar surface area (TPSA) is 67.7 Å². The maximum absolute atomic E-state index is 13.7. The van der Waals surface area contributed by atoms with Crippen molar-refractivity contribution in [2.45, 2.75) is 26.2 Å². The van der Waals surface area contributed by atoms with E-state index in [0.29, 0.717) is 63.5 Å². The normalized spacial score (nSPS) is 16.9. The Kier molecular flexibility index (Phi) is 6.95. The van der Waals surface area contributed by atoms with Crippen molar-refractivity contribution in [3.8, 4) is 16.9 Å². The van der Waals surface area contributed by atoms with Crippen LogP contribution in [0.3, 0.4) is 0 Å². The van der Waals surface area contributed by atoms with Crippen LogP contribution in [0.5, 0.6) is 0 Å². The summed E-state index contributed by atoms with van der Waals surface area (Å²) < 4.78 is 7.16. The Labute approximate surface area is 206 Å². The van der Waals surface area contributed by atoms with Gasteiger partial charge in [-0.15, -0.1) is 0 Å². The zero-order chi connectivity index (χ0) is 24.2. The first-order valence-electron chi connectivity index (χ1n) is 12.5. The first kappa shape index (κ1) is 23.3. The van der Waals surface area contributed by atoms with Crippen molar-refractivity contribution in [3.63, 3.8) is 0 Å². The molecule has 2 aliphatic heterocycles. The molecule has 7 heteroatoms. The predicted octanol–water partition coefficient (Wildman–Crippen LogP) is 3.81. The Morgan fingerprint density at radius 2 is 1.60 bits per heavy atom. The SMILES string of the molecule is CCc1ccc(-c2nn(-c3ccccc3)cc2C(=O)N2CCC(C(=O)N3CCOCC3)CC2)cc1. The molecule has 0 bridgehead atoms. The lowest BCUT2D eigenvalue weighted by atomic mass is 9.94. The molecule has 2 saturated heterocycles. The summed E-state index contributed by atoms with van der Waals surface area (Å²) in [4.78, 5) is 30.4. The Balaban J connectivity index is 1.36. The Morgan fingerprint density at radius 3 is 2.26 bits per heavy atom. The van der Waals surface area contributed by atoms with Crippen LogP contribution in [0.1, 0.15) is 35.7 Å². The van der Waals surface area contributed by atoms with E-state index in [1.807, 2.05) is 58.5 Å². The van der Waals surface area contributed by atoms with Gasteiger partial charge in [0.15, 0.2) is 0 Å². The lowest BCUT2D eigenvalue weighted by molar-refractivity contribution is -0.141. The van der Waals surface area contributed by atoms with E-state index in [1.54, 1.807) is 4.68 Å². The second-order valence-electron chi connectivity index (χ2n) is 9.23. The zero-order valence-electron chi connectivity index (χ0n) is 20.2. The minimum atomic E-state index is -0.0287. The second kappa shape index (κ2) is 10.4. The lowest BCUT2D eigenvalue weighted by Gasteiger charge is -2.35. The molecule has 0 saturated carbocycles. The maximum Gasteiger partial charge on any atom is 0.257 e. The highest BCUT2D eigenvalue weighted by Gasteiger charge is 2.32. The van der Waals surface area contributed by atoms with Gasteiger partial charge in [0.05, 0.1) is 24.5 Å². The van der Waals surface area contributed by atoms with Crippen LogP contribution in [0.15, 0.2) is 60.8 Å². The molecule has 0 aliphatic carbocycles. The van der Waals surface area contributed by atoms with Gasteiger partial charge in [0.2, 0.25) is 5.91 Å². The van der Waals surface area contributed by atoms with Crippen LogP contribution in [-0.2, 0) is 16.0 Å². The van der Waals surface area contributed by atoms with Crippen LogP contribution in [-0.4, -0.2) is 70.8 Å². The molecule has 2 aliphatic rings. The highest BCUT2D eigenvalue weighted by atomic mass is 16.5. The molecule has 3 aromatic rings. The summed E-state index contributed by atoms with van der Waals surface area (Å²) in [6.07, 6.45) is 4.18. The fourth-order valence-corrected chi connectivity index (χ4v) is 4.90. The average molecular weight is 473 g/mol. The van der Waals surface area contributed by atoms with Gasteiger partial charge in [-0.2, -0.15) is 5.10 Å². The quantitative estimate of drug-likeness (QED) is 0.566. The molecule has 2 amide bonds. The van der Waals surface area contributed by atoms with Crippen LogP contribution in [0.25, 0.3) is 16.9 Å². The van der Waals surface area contributed by atoms with Gasteiger partial charge in [-0.3, -0.25) is 9.59 Å². The number of rotatable bonds is 5. The van der Waals surface area contributed by atoms with Crippen LogP contribution in [0, 0.1) is 5.92 Å². The minimum Gasteiger partial charge on any atom is -0.378 e. The molecule has 0 spiro atoms. The molecule has 7 nitrogen and oxygen atoms in total. The number of carbonyl (C=O) groups excluding carboxylic acids is 2. The van der Waals surface area contributed by atoms with Crippen molar-refractivity contribution in [1.82, 2.24) is 19.6 Å². The van der Waals surface area contributed by atoms with Gasteiger partial charge >= 0.3 is 0 Å². The van der Waals surface area contributed by atoms with Crippen molar-refractivity contribution < 1.29 is 14.3 Å². The summed E-state index contributed by atoms with van der Waals surface area (Å²) in [6, 6.07) is 18.1. The molecule has 0 unspecified atom stereocenters. The average Bonchev–Trinajstić information content (AvgIpc) is 3.39. The van der Waals surface area contributed by atoms with E-state index in [9.17, 15) is 9.59 Å². The van der Waals surface area contributed by atoms with Crippen molar-refractivity contribution in [2.75, 3.05) is 39.4 Å². The first-order chi connectivity index (χ1) is 17.1. The molecule has 182 valence electrons. The monoisotopic (exact) mass is 472 g/mol. The molecular formula is C28H32N4O3. The number of likely N-dealkylation sites (tertiary alicyclic amines) is 1. The molecule has 0 atom stereocenters. The Hall–Kier alpha value is -3.45. The number of aromatic nitrogens is 2. The van der Waals surface area contributed by atoms with Crippen molar-refractivity contribution in [2.24, 2.45) is 5.92 Å². The van der Waals surface area contributed by atoms with E-state index >= 15 is 0 Å². The number of morpholine rings is 1. The van der Waals surface area contributed by atoms with Crippen molar-refractivity contribution >= 4 is 11.8 Å². The molecule has 0 radical (unpaired) electrons. The summed E-state index contributed by atoms with van der Waals surface area (Å²) in [7, 11) is 0. The maximum atomic E-state index is 13.7. The third kappa shape index (κ3) is 5.00. The second-order valence-corrected chi connectivity index (χ2v) is 9.23. The van der Waals surface area contributed by atoms with Gasteiger partial charge in [-0.05, 0) is 37.0 Å². The summed E-state index contributed by atoms with van der Waals surface area (Å²) in [5.41, 5.74) is 4.37. The highest BCUT2D eigenvalue weighted by molar-refractivity contribution is 6.00. The molecule has 5 rings (SSSR count). The van der Waals surface area contributed by atoms with Gasteiger partial charge in [0.25, 0.3) is 5.91 Å². The number of para-hydroxylation sites is 1. The first-order valence-corrected chi connectivity index (χ1v) is 12.5. The minimum absolute atomic E-state index is 0.0229. The number of hydrogen-bond acceptors (Lipinski definition) is 4. The summed E-state index contributed by atoms with van der Waals surface area (Å²) in [6.45, 7) is 5.82. The predicted molar refractivity (Wildman–Crippen MR) is 134 cm³/mol. The Morgan fingerprint density at radius 1 is 0.914 bits per heavy atom. The molecule has 2 aromatic carbocycles. The fraction of sp³-hybridized carbons (Fsp3) is 0.393. The number of amides is 2. The van der Waals surface area contributed by atoms with E-state index < -0.39 is 0 Å². The van der Waals surface area contributed by atoms with E-state index in [0.717, 1.165) is 17.7 Å². The number of carbonyl (C=O) groups is 2. The number of piperidine rings is 1. The van der Waals surface area contributed by atoms with Gasteiger partial charge in [-0.25, -0.2) is 4.68 Å². The molecule has 3 heterocycles. The summed E-state index contributed by atoms with van der Waals surface area (Å²) in [5.74, 6) is 0.151. The van der Waals surface area contributed by atoms with E-state index in [1.165, 1.54) is 5.56 Å². The Bertz CT molecular complexity index is 1160. The number of aryl methyl sites for hydroxylation is 1. The molecule has 2 fully saturated rings. The van der Waals surface area contributed by atoms with E-state index in [2.05, 4.69) is 19.1 Å². The molecule has 1 aromatic heterocycles. The van der Waals surface area contributed by atoms with Crippen LogP contribution < -0.4 is 0 Å². The number of benzene rings is 2. The van der Waals surface area contributed by atoms with E-state index in [-0.39, 0.29) is 17.7 Å². The number of nitrogens with zero attached hydrogens (tertiary/aromatic N) is 4. The molecular weight excluding hydrogens is 440 g/mol. The van der Waals surface area contributed by atoms with Crippen LogP contribution in [0.4, 0.5) is 0 Å². The smallest absolute Gasteiger partial charge is 0.257 e. The summed E-state index contributed by atoms with van der Waals surface area (Å²) in [5, 5.41) is 4.82. The third-order valence-electron chi connectivity index (χ3n) is 7.06. The highest BCUT2D eigenvalue weighted by Crippen LogP contribution is 2.28. The molecule has 0 N–H and O–H groups in total. The standard InChI is InChI=1S/C28H32N4O3/c1-2-21-8-10-22(11-9-21)26-25(20-32(29-26)24-6-4-3-5-7-24)28(34)30-14-12-23(13-15-30)27(33)31-16-18-35-19-17-31/h3-11,20,23H,2,12-19H2,1H3. The number of hydrogen-bond donors (Lipinski definition) is 0. The van der Waals surface area contributed by atoms with Gasteiger partial charge < -0.3 is 14.5 Å². The fourth-order valence-electron chi connectivity index (χ4n) is 4.90. The zero-order valence-corrected chi connectivity index (χ0v) is 20.2. The van der Waals surface area contributed by atoms with Crippen molar-refractivity contribution in [3.05, 3.63) is 71.9 Å². The number of ether oxygens (including phenoxy) is 1. The van der Waals surface area contributed by atoms with Gasteiger partial charge in [0.1, 0.15) is 5.69 Å². The third-order valence-corrected chi connectivity index (χ3v) is 7.06. The van der Waals surface area contributed by atoms with Crippen LogP contribution in [0.2, 0.25) is 0 Å². The lowest BCUT2D eigenvalue weighted by Crippen LogP contribution is -2.47. The van der Waals surface area contributed by atoms with Crippen molar-refractivity contribution in [1.29, 1.82) is 0 Å².